The molecule has 1 heterocycles. The Bertz CT molecular complexity index is 453. The average Bonchev–Trinajstić information content (AvgIpc) is 2.55. The number of nitrogens with zero attached hydrogens (tertiary/aromatic N) is 4. The molecule has 29 heavy (non-hydrogen) atoms. The molecule has 1 aliphatic rings. The maximum Gasteiger partial charge on any atom is 2.00 e. The molecular formula is C16H32CoN8O4+2. The van der Waals surface area contributed by atoms with Crippen molar-refractivity contribution in [2.24, 2.45) is 22.9 Å². The van der Waals surface area contributed by atoms with Crippen molar-refractivity contribution >= 4 is 23.6 Å². The molecule has 8 N–H and O–H groups in total. The van der Waals surface area contributed by atoms with Crippen molar-refractivity contribution in [3.8, 4) is 0 Å². The van der Waals surface area contributed by atoms with Crippen molar-refractivity contribution in [2.45, 2.75) is 0 Å². The summed E-state index contributed by atoms with van der Waals surface area (Å²) in [5, 5.41) is 0. The summed E-state index contributed by atoms with van der Waals surface area (Å²) in [5.74, 6) is -1.82. The molecule has 0 aliphatic carbocycles. The van der Waals surface area contributed by atoms with Gasteiger partial charge in [-0.15, -0.1) is 0 Å². The van der Waals surface area contributed by atoms with Gasteiger partial charge in [0.2, 0.25) is 23.6 Å². The molecule has 0 saturated carbocycles. The van der Waals surface area contributed by atoms with Crippen LogP contribution in [0.15, 0.2) is 0 Å². The predicted octanol–water partition coefficient (Wildman–Crippen LogP) is -4.85. The first kappa shape index (κ1) is 27.2. The molecule has 1 saturated heterocycles. The Kier molecular flexibility index (Phi) is 13.4. The minimum atomic E-state index is -0.456. The van der Waals surface area contributed by atoms with Gasteiger partial charge in [0.25, 0.3) is 0 Å². The van der Waals surface area contributed by atoms with E-state index in [2.05, 4.69) is 0 Å². The molecule has 0 atom stereocenters. The first-order valence-electron chi connectivity index (χ1n) is 9.18. The van der Waals surface area contributed by atoms with Crippen LogP contribution in [0.25, 0.3) is 0 Å². The molecule has 0 bridgehead atoms. The largest absolute Gasteiger partial charge is 2.00 e. The molecule has 1 aliphatic heterocycles. The molecular weight excluding hydrogens is 427 g/mol. The van der Waals surface area contributed by atoms with Gasteiger partial charge < -0.3 is 22.9 Å². The van der Waals surface area contributed by atoms with Gasteiger partial charge in [-0.3, -0.25) is 38.8 Å². The Morgan fingerprint density at radius 2 is 0.586 bits per heavy atom. The summed E-state index contributed by atoms with van der Waals surface area (Å²) < 4.78 is 0. The van der Waals surface area contributed by atoms with E-state index in [1.54, 1.807) is 0 Å². The molecule has 4 amide bonds. The molecule has 0 aromatic carbocycles. The van der Waals surface area contributed by atoms with Crippen LogP contribution in [0.5, 0.6) is 0 Å². The van der Waals surface area contributed by atoms with Gasteiger partial charge in [0.1, 0.15) is 0 Å². The zero-order valence-corrected chi connectivity index (χ0v) is 17.6. The summed E-state index contributed by atoms with van der Waals surface area (Å²) in [6.45, 7) is 4.26. The third-order valence-electron chi connectivity index (χ3n) is 4.45. The van der Waals surface area contributed by atoms with Gasteiger partial charge in [-0.25, -0.2) is 0 Å². The Balaban J connectivity index is 0.00000784. The summed E-state index contributed by atoms with van der Waals surface area (Å²) in [6, 6.07) is 0. The van der Waals surface area contributed by atoms with Crippen molar-refractivity contribution in [2.75, 3.05) is 78.5 Å². The third kappa shape index (κ3) is 13.1. The van der Waals surface area contributed by atoms with E-state index < -0.39 is 23.6 Å². The van der Waals surface area contributed by atoms with Crippen LogP contribution in [-0.2, 0) is 36.0 Å². The van der Waals surface area contributed by atoms with Crippen molar-refractivity contribution < 1.29 is 36.0 Å². The Morgan fingerprint density at radius 3 is 0.690 bits per heavy atom. The number of amides is 4. The minimum absolute atomic E-state index is 0. The molecule has 0 aromatic rings. The Morgan fingerprint density at radius 1 is 0.448 bits per heavy atom. The van der Waals surface area contributed by atoms with E-state index in [-0.39, 0.29) is 43.0 Å². The van der Waals surface area contributed by atoms with E-state index >= 15 is 0 Å². The molecule has 1 fully saturated rings. The summed E-state index contributed by atoms with van der Waals surface area (Å²) in [4.78, 5) is 52.9. The molecule has 167 valence electrons. The van der Waals surface area contributed by atoms with E-state index in [4.69, 9.17) is 22.9 Å². The molecule has 1 radical (unpaired) electrons. The fraction of sp³-hybridized carbons (Fsp3) is 0.750. The number of nitrogens with two attached hydrogens (primary N) is 4. The SMILES string of the molecule is NC(=O)CN1CCN(CC(N)=O)CCN(CC(N)=O)CCN(CC(N)=O)CC1.[Co+2]. The van der Waals surface area contributed by atoms with Crippen LogP contribution in [0.3, 0.4) is 0 Å². The second-order valence-electron chi connectivity index (χ2n) is 6.97. The molecule has 12 nitrogen and oxygen atoms in total. The zero-order chi connectivity index (χ0) is 21.1. The maximum absolute atomic E-state index is 11.4. The van der Waals surface area contributed by atoms with Gasteiger partial charge in [0, 0.05) is 52.4 Å². The summed E-state index contributed by atoms with van der Waals surface area (Å²) in [6.07, 6.45) is 0. The van der Waals surface area contributed by atoms with Crippen molar-refractivity contribution in [1.29, 1.82) is 0 Å². The molecule has 0 unspecified atom stereocenters. The third-order valence-corrected chi connectivity index (χ3v) is 4.45. The standard InChI is InChI=1S/C16H32N8O4.Co/c17-13(25)9-21-1-2-22(10-14(18)26)5-6-24(12-16(20)28)8-7-23(4-3-21)11-15(19)27;/h1-12H2,(H2,17,25)(H2,18,26)(H2,19,27)(H2,20,28);/q;+2. The van der Waals surface area contributed by atoms with E-state index in [1.807, 2.05) is 19.6 Å². The minimum Gasteiger partial charge on any atom is -0.369 e. The van der Waals surface area contributed by atoms with E-state index in [0.29, 0.717) is 52.4 Å². The van der Waals surface area contributed by atoms with Gasteiger partial charge in [-0.1, -0.05) is 0 Å². The monoisotopic (exact) mass is 459 g/mol. The molecule has 0 aromatic heterocycles. The topological polar surface area (TPSA) is 185 Å². The Hall–Kier alpha value is -1.77. The van der Waals surface area contributed by atoms with Crippen LogP contribution in [0.2, 0.25) is 0 Å². The van der Waals surface area contributed by atoms with Crippen LogP contribution in [0.4, 0.5) is 0 Å². The summed E-state index contributed by atoms with van der Waals surface area (Å²) in [7, 11) is 0. The molecule has 13 heteroatoms. The fourth-order valence-corrected chi connectivity index (χ4v) is 3.09. The van der Waals surface area contributed by atoms with Crippen LogP contribution in [0, 0.1) is 0 Å². The number of rotatable bonds is 8. The molecule has 0 spiro atoms. The van der Waals surface area contributed by atoms with Gasteiger partial charge in [0.05, 0.1) is 26.2 Å². The number of hydrogen-bond donors (Lipinski definition) is 4. The van der Waals surface area contributed by atoms with Crippen molar-refractivity contribution in [1.82, 2.24) is 19.6 Å². The van der Waals surface area contributed by atoms with E-state index in [9.17, 15) is 19.2 Å². The first-order valence-corrected chi connectivity index (χ1v) is 9.18. The van der Waals surface area contributed by atoms with Crippen LogP contribution in [0.1, 0.15) is 0 Å². The van der Waals surface area contributed by atoms with Crippen LogP contribution >= 0.6 is 0 Å². The molecule has 1 rings (SSSR count). The van der Waals surface area contributed by atoms with Crippen LogP contribution in [-0.4, -0.2) is 122 Å². The van der Waals surface area contributed by atoms with Crippen LogP contribution < -0.4 is 22.9 Å². The number of hydrogen-bond acceptors (Lipinski definition) is 8. The van der Waals surface area contributed by atoms with Gasteiger partial charge in [-0.2, -0.15) is 0 Å². The quantitative estimate of drug-likeness (QED) is 0.278. The normalized spacial score (nSPS) is 18.8. The van der Waals surface area contributed by atoms with Gasteiger partial charge >= 0.3 is 16.8 Å². The zero-order valence-electron chi connectivity index (χ0n) is 16.5. The smallest absolute Gasteiger partial charge is 0.369 e. The average molecular weight is 459 g/mol. The van der Waals surface area contributed by atoms with Crippen molar-refractivity contribution in [3.63, 3.8) is 0 Å². The first-order chi connectivity index (χ1) is 13.2. The Labute approximate surface area is 181 Å². The number of carbonyl (C=O) groups is 4. The van der Waals surface area contributed by atoms with Gasteiger partial charge in [-0.05, 0) is 0 Å². The maximum atomic E-state index is 11.4. The summed E-state index contributed by atoms with van der Waals surface area (Å²) >= 11 is 0. The number of primary amides is 4. The second kappa shape index (κ2) is 14.2. The van der Waals surface area contributed by atoms with Gasteiger partial charge in [0.15, 0.2) is 0 Å². The van der Waals surface area contributed by atoms with E-state index in [1.165, 1.54) is 0 Å². The van der Waals surface area contributed by atoms with E-state index in [0.717, 1.165) is 0 Å². The summed E-state index contributed by atoms with van der Waals surface area (Å²) in [5.41, 5.74) is 21.3. The number of carbonyl (C=O) groups excluding carboxylic acids is 4. The fourth-order valence-electron chi connectivity index (χ4n) is 3.09. The second-order valence-corrected chi connectivity index (χ2v) is 6.97. The van der Waals surface area contributed by atoms with Crippen molar-refractivity contribution in [3.05, 3.63) is 0 Å². The predicted molar refractivity (Wildman–Crippen MR) is 103 cm³/mol.